The zero-order chi connectivity index (χ0) is 21.0. The summed E-state index contributed by atoms with van der Waals surface area (Å²) in [5, 5.41) is -0.378. The van der Waals surface area contributed by atoms with Crippen LogP contribution in [0.2, 0.25) is 5.02 Å². The van der Waals surface area contributed by atoms with Gasteiger partial charge in [0.2, 0.25) is 5.91 Å². The Morgan fingerprint density at radius 1 is 1.14 bits per heavy atom. The summed E-state index contributed by atoms with van der Waals surface area (Å²) in [5.74, 6) is 0.272. The molecule has 0 saturated carbocycles. The quantitative estimate of drug-likeness (QED) is 0.576. The average molecular weight is 438 g/mol. The van der Waals surface area contributed by atoms with Gasteiger partial charge in [0.05, 0.1) is 16.9 Å². The highest BCUT2D eigenvalue weighted by atomic mass is 35.5. The van der Waals surface area contributed by atoms with Crippen LogP contribution in [-0.2, 0) is 17.8 Å². The maximum atomic E-state index is 13.4. The Kier molecular flexibility index (Phi) is 7.03. The second-order valence-electron chi connectivity index (χ2n) is 6.42. The molecule has 8 heteroatoms. The van der Waals surface area contributed by atoms with Crippen LogP contribution in [0.25, 0.3) is 0 Å². The highest BCUT2D eigenvalue weighted by Crippen LogP contribution is 2.39. The number of hydrogen-bond acceptors (Lipinski definition) is 5. The fourth-order valence-electron chi connectivity index (χ4n) is 3.05. The first kappa shape index (κ1) is 21.5. The largest absolute Gasteiger partial charge is 0.490 e. The van der Waals surface area contributed by atoms with Crippen molar-refractivity contribution in [1.29, 1.82) is 0 Å². The molecule has 154 valence electrons. The second kappa shape index (κ2) is 9.50. The topological polar surface area (TPSA) is 55.8 Å². The molecule has 1 saturated heterocycles. The molecule has 0 spiro atoms. The Labute approximate surface area is 178 Å². The van der Waals surface area contributed by atoms with E-state index in [0.717, 1.165) is 17.3 Å². The molecule has 1 heterocycles. The molecule has 29 heavy (non-hydrogen) atoms. The van der Waals surface area contributed by atoms with Gasteiger partial charge in [0.25, 0.3) is 5.24 Å². The van der Waals surface area contributed by atoms with Gasteiger partial charge in [-0.25, -0.2) is 4.39 Å². The number of nitrogens with zero attached hydrogens (tertiary/aromatic N) is 1. The van der Waals surface area contributed by atoms with Gasteiger partial charge < -0.3 is 9.47 Å². The van der Waals surface area contributed by atoms with E-state index in [1.165, 1.54) is 17.0 Å². The SMILES string of the molecule is CCOc1cc(C[C@@H]2SC(=O)N(CC)C2=O)cc(Cl)c1OCc1cccc(F)c1. The minimum Gasteiger partial charge on any atom is -0.490 e. The summed E-state index contributed by atoms with van der Waals surface area (Å²) >= 11 is 7.45. The Morgan fingerprint density at radius 3 is 2.59 bits per heavy atom. The van der Waals surface area contributed by atoms with E-state index in [0.29, 0.717) is 41.7 Å². The lowest BCUT2D eigenvalue weighted by atomic mass is 10.1. The van der Waals surface area contributed by atoms with Crippen LogP contribution in [0.4, 0.5) is 9.18 Å². The second-order valence-corrected chi connectivity index (χ2v) is 7.98. The Morgan fingerprint density at radius 2 is 1.93 bits per heavy atom. The number of ether oxygens (including phenoxy) is 2. The van der Waals surface area contributed by atoms with Gasteiger partial charge in [-0.15, -0.1) is 0 Å². The van der Waals surface area contributed by atoms with Gasteiger partial charge in [0.15, 0.2) is 11.5 Å². The zero-order valence-corrected chi connectivity index (χ0v) is 17.7. The lowest BCUT2D eigenvalue weighted by molar-refractivity contribution is -0.126. The van der Waals surface area contributed by atoms with Crippen LogP contribution < -0.4 is 9.47 Å². The Bertz CT molecular complexity index is 924. The van der Waals surface area contributed by atoms with E-state index in [9.17, 15) is 14.0 Å². The zero-order valence-electron chi connectivity index (χ0n) is 16.1. The molecule has 0 aliphatic carbocycles. The third-order valence-corrected chi connectivity index (χ3v) is 5.74. The van der Waals surface area contributed by atoms with Crippen molar-refractivity contribution in [2.24, 2.45) is 0 Å². The van der Waals surface area contributed by atoms with Crippen LogP contribution in [0.1, 0.15) is 25.0 Å². The van der Waals surface area contributed by atoms with Crippen molar-refractivity contribution in [3.05, 3.63) is 58.4 Å². The molecule has 0 radical (unpaired) electrons. The van der Waals surface area contributed by atoms with Crippen molar-refractivity contribution < 1.29 is 23.5 Å². The molecule has 5 nitrogen and oxygen atoms in total. The maximum Gasteiger partial charge on any atom is 0.289 e. The molecule has 1 fully saturated rings. The summed E-state index contributed by atoms with van der Waals surface area (Å²) in [6.45, 7) is 4.50. The summed E-state index contributed by atoms with van der Waals surface area (Å²) in [7, 11) is 0. The lowest BCUT2D eigenvalue weighted by Gasteiger charge is -2.16. The summed E-state index contributed by atoms with van der Waals surface area (Å²) in [4.78, 5) is 25.5. The summed E-state index contributed by atoms with van der Waals surface area (Å²) in [5.41, 5.74) is 1.44. The lowest BCUT2D eigenvalue weighted by Crippen LogP contribution is -2.31. The first-order valence-corrected chi connectivity index (χ1v) is 10.5. The number of hydrogen-bond donors (Lipinski definition) is 0. The number of amides is 2. The number of carbonyl (C=O) groups is 2. The molecule has 0 unspecified atom stereocenters. The first-order valence-electron chi connectivity index (χ1n) is 9.27. The number of imide groups is 1. The van der Waals surface area contributed by atoms with Crippen LogP contribution >= 0.6 is 23.4 Å². The minimum absolute atomic E-state index is 0.133. The molecule has 0 aromatic heterocycles. The van der Waals surface area contributed by atoms with Crippen molar-refractivity contribution in [2.75, 3.05) is 13.2 Å². The van der Waals surface area contributed by atoms with Crippen LogP contribution in [-0.4, -0.2) is 34.4 Å². The fourth-order valence-corrected chi connectivity index (χ4v) is 4.43. The predicted octanol–water partition coefficient (Wildman–Crippen LogP) is 5.08. The van der Waals surface area contributed by atoms with E-state index in [-0.39, 0.29) is 23.6 Å². The summed E-state index contributed by atoms with van der Waals surface area (Å²) in [6.07, 6.45) is 0.357. The monoisotopic (exact) mass is 437 g/mol. The van der Waals surface area contributed by atoms with Crippen molar-refractivity contribution in [2.45, 2.75) is 32.1 Å². The van der Waals surface area contributed by atoms with Crippen molar-refractivity contribution >= 4 is 34.5 Å². The van der Waals surface area contributed by atoms with Gasteiger partial charge in [-0.3, -0.25) is 14.5 Å². The molecular weight excluding hydrogens is 417 g/mol. The number of halogens is 2. The average Bonchev–Trinajstić information content (AvgIpc) is 2.94. The minimum atomic E-state index is -0.480. The molecule has 3 rings (SSSR count). The van der Waals surface area contributed by atoms with E-state index in [1.807, 2.05) is 6.92 Å². The third-order valence-electron chi connectivity index (χ3n) is 4.38. The highest BCUT2D eigenvalue weighted by molar-refractivity contribution is 8.15. The Hall–Kier alpha value is -2.25. The van der Waals surface area contributed by atoms with Crippen LogP contribution in [0, 0.1) is 5.82 Å². The molecule has 2 amide bonds. The third kappa shape index (κ3) is 5.03. The van der Waals surface area contributed by atoms with Crippen molar-refractivity contribution in [1.82, 2.24) is 4.90 Å². The first-order chi connectivity index (χ1) is 13.9. The van der Waals surface area contributed by atoms with Crippen LogP contribution in [0.5, 0.6) is 11.5 Å². The van der Waals surface area contributed by atoms with E-state index < -0.39 is 5.25 Å². The molecule has 0 N–H and O–H groups in total. The fraction of sp³-hybridized carbons (Fsp3) is 0.333. The normalized spacial score (nSPS) is 16.4. The van der Waals surface area contributed by atoms with Gasteiger partial charge in [-0.05, 0) is 55.7 Å². The smallest absolute Gasteiger partial charge is 0.289 e. The highest BCUT2D eigenvalue weighted by Gasteiger charge is 2.38. The van der Waals surface area contributed by atoms with Crippen LogP contribution in [0.15, 0.2) is 36.4 Å². The van der Waals surface area contributed by atoms with E-state index in [2.05, 4.69) is 0 Å². The predicted molar refractivity (Wildman–Crippen MR) is 111 cm³/mol. The summed E-state index contributed by atoms with van der Waals surface area (Å²) < 4.78 is 24.8. The van der Waals surface area contributed by atoms with Gasteiger partial charge in [0.1, 0.15) is 12.4 Å². The molecule has 1 aliphatic heterocycles. The standard InChI is InChI=1S/C21H21ClFNO4S/c1-3-24-20(25)18(29-21(24)26)11-14-9-16(22)19(17(10-14)27-4-2)28-12-13-6-5-7-15(23)8-13/h5-10,18H,3-4,11-12H2,1-2H3/t18-/m0/s1. The van der Waals surface area contributed by atoms with Crippen LogP contribution in [0.3, 0.4) is 0 Å². The van der Waals surface area contributed by atoms with Gasteiger partial charge in [-0.1, -0.05) is 35.5 Å². The number of benzene rings is 2. The van der Waals surface area contributed by atoms with Gasteiger partial charge in [0, 0.05) is 6.54 Å². The van der Waals surface area contributed by atoms with Gasteiger partial charge >= 0.3 is 0 Å². The number of rotatable bonds is 8. The molecule has 1 aliphatic rings. The van der Waals surface area contributed by atoms with Gasteiger partial charge in [-0.2, -0.15) is 0 Å². The van der Waals surface area contributed by atoms with E-state index >= 15 is 0 Å². The maximum absolute atomic E-state index is 13.4. The molecule has 2 aromatic rings. The summed E-state index contributed by atoms with van der Waals surface area (Å²) in [6, 6.07) is 9.59. The molecule has 1 atom stereocenters. The number of thioether (sulfide) groups is 1. The molecule has 0 bridgehead atoms. The van der Waals surface area contributed by atoms with E-state index in [1.54, 1.807) is 31.2 Å². The Balaban J connectivity index is 1.79. The molecule has 2 aromatic carbocycles. The van der Waals surface area contributed by atoms with Crippen molar-refractivity contribution in [3.63, 3.8) is 0 Å². The number of carbonyl (C=O) groups excluding carboxylic acids is 2. The van der Waals surface area contributed by atoms with Crippen molar-refractivity contribution in [3.8, 4) is 11.5 Å². The molecular formula is C21H21ClFNO4S. The van der Waals surface area contributed by atoms with E-state index in [4.69, 9.17) is 21.1 Å².